The van der Waals surface area contributed by atoms with Crippen LogP contribution in [0, 0.1) is 0 Å². The molecule has 1 aliphatic rings. The van der Waals surface area contributed by atoms with Crippen molar-refractivity contribution in [1.82, 2.24) is 4.57 Å². The number of ether oxygens (including phenoxy) is 1. The fourth-order valence-electron chi connectivity index (χ4n) is 4.32. The monoisotopic (exact) mass is 396 g/mol. The molecular formula is C26H24N2O2. The number of hydrogen-bond donors (Lipinski definition) is 0. The van der Waals surface area contributed by atoms with Crippen LogP contribution in [0.1, 0.15) is 13.3 Å². The van der Waals surface area contributed by atoms with Crippen molar-refractivity contribution in [1.29, 1.82) is 0 Å². The lowest BCUT2D eigenvalue weighted by Gasteiger charge is -2.19. The summed E-state index contributed by atoms with van der Waals surface area (Å²) < 4.78 is 7.83. The predicted octanol–water partition coefficient (Wildman–Crippen LogP) is 5.48. The molecule has 1 atom stereocenters. The van der Waals surface area contributed by atoms with E-state index in [9.17, 15) is 4.79 Å². The molecule has 0 amide bonds. The summed E-state index contributed by atoms with van der Waals surface area (Å²) in [7, 11) is 0. The van der Waals surface area contributed by atoms with E-state index in [1.165, 1.54) is 21.8 Å². The Labute approximate surface area is 176 Å². The minimum absolute atomic E-state index is 0.0776. The van der Waals surface area contributed by atoms with Gasteiger partial charge in [-0.2, -0.15) is 0 Å². The second-order valence-corrected chi connectivity index (χ2v) is 7.93. The molecule has 0 bridgehead atoms. The minimum atomic E-state index is -0.302. The van der Waals surface area contributed by atoms with E-state index in [1.807, 2.05) is 0 Å². The molecule has 4 aromatic rings. The first-order valence-corrected chi connectivity index (χ1v) is 10.3. The van der Waals surface area contributed by atoms with E-state index >= 15 is 0 Å². The molecule has 0 aliphatic carbocycles. The standard InChI is InChI=1S/C26H24N2O2/c1-18(2)26(29)30-21-15-16-27(17-21)19-11-13-20(14-12-19)28-24-9-5-3-7-22(24)23-8-4-6-10-25(23)28/h3-14,21H,1,15-17H2,2H3/t21-/m0/s1. The van der Waals surface area contributed by atoms with Crippen LogP contribution >= 0.6 is 0 Å². The number of carbonyl (C=O) groups excluding carboxylic acids is 1. The van der Waals surface area contributed by atoms with Gasteiger partial charge in [0.1, 0.15) is 6.10 Å². The summed E-state index contributed by atoms with van der Waals surface area (Å²) in [6.07, 6.45) is 0.763. The van der Waals surface area contributed by atoms with Gasteiger partial charge in [-0.3, -0.25) is 0 Å². The second-order valence-electron chi connectivity index (χ2n) is 7.93. The van der Waals surface area contributed by atoms with Crippen LogP contribution in [0.5, 0.6) is 0 Å². The van der Waals surface area contributed by atoms with Crippen LogP contribution < -0.4 is 4.90 Å². The Balaban J connectivity index is 1.44. The van der Waals surface area contributed by atoms with Gasteiger partial charge in [0.2, 0.25) is 0 Å². The van der Waals surface area contributed by atoms with E-state index in [2.05, 4.69) is 88.8 Å². The first-order valence-electron chi connectivity index (χ1n) is 10.3. The van der Waals surface area contributed by atoms with Crippen LogP contribution in [-0.2, 0) is 9.53 Å². The van der Waals surface area contributed by atoms with E-state index in [0.717, 1.165) is 24.3 Å². The zero-order valence-electron chi connectivity index (χ0n) is 17.0. The molecule has 1 fully saturated rings. The Morgan fingerprint density at radius 2 is 1.47 bits per heavy atom. The van der Waals surface area contributed by atoms with Gasteiger partial charge in [-0.05, 0) is 43.3 Å². The normalized spacial score (nSPS) is 16.3. The molecule has 0 unspecified atom stereocenters. The molecule has 0 saturated carbocycles. The van der Waals surface area contributed by atoms with E-state index in [1.54, 1.807) is 6.92 Å². The lowest BCUT2D eigenvalue weighted by Crippen LogP contribution is -2.24. The van der Waals surface area contributed by atoms with Crippen LogP contribution in [0.4, 0.5) is 5.69 Å². The maximum atomic E-state index is 11.8. The van der Waals surface area contributed by atoms with Crippen LogP contribution in [0.3, 0.4) is 0 Å². The van der Waals surface area contributed by atoms with Crippen molar-refractivity contribution in [2.24, 2.45) is 0 Å². The lowest BCUT2D eigenvalue weighted by atomic mass is 10.2. The van der Waals surface area contributed by atoms with Gasteiger partial charge < -0.3 is 14.2 Å². The topological polar surface area (TPSA) is 34.5 Å². The quantitative estimate of drug-likeness (QED) is 0.338. The Morgan fingerprint density at radius 3 is 2.07 bits per heavy atom. The van der Waals surface area contributed by atoms with Crippen molar-refractivity contribution in [2.45, 2.75) is 19.4 Å². The second kappa shape index (κ2) is 7.38. The highest BCUT2D eigenvalue weighted by Crippen LogP contribution is 2.32. The van der Waals surface area contributed by atoms with E-state index in [-0.39, 0.29) is 12.1 Å². The van der Waals surface area contributed by atoms with Crippen molar-refractivity contribution in [3.05, 3.63) is 84.9 Å². The fraction of sp³-hybridized carbons (Fsp3) is 0.192. The van der Waals surface area contributed by atoms with E-state index in [0.29, 0.717) is 12.1 Å². The molecule has 1 aromatic heterocycles. The van der Waals surface area contributed by atoms with Crippen molar-refractivity contribution >= 4 is 33.5 Å². The summed E-state index contributed by atoms with van der Waals surface area (Å²) in [5.41, 5.74) is 5.15. The zero-order valence-corrected chi connectivity index (χ0v) is 17.0. The van der Waals surface area contributed by atoms with Gasteiger partial charge >= 0.3 is 5.97 Å². The number of anilines is 1. The Bertz CT molecular complexity index is 1200. The highest BCUT2D eigenvalue weighted by Gasteiger charge is 2.26. The van der Waals surface area contributed by atoms with Crippen LogP contribution in [0.15, 0.2) is 84.9 Å². The van der Waals surface area contributed by atoms with Gasteiger partial charge in [-0.25, -0.2) is 4.79 Å². The van der Waals surface area contributed by atoms with Gasteiger partial charge in [0, 0.05) is 40.7 Å². The van der Waals surface area contributed by atoms with Crippen LogP contribution in [-0.4, -0.2) is 29.7 Å². The Kier molecular flexibility index (Phi) is 4.55. The maximum absolute atomic E-state index is 11.8. The van der Waals surface area contributed by atoms with Crippen molar-refractivity contribution in [3.8, 4) is 5.69 Å². The van der Waals surface area contributed by atoms with Gasteiger partial charge in [0.05, 0.1) is 17.6 Å². The van der Waals surface area contributed by atoms with Crippen molar-refractivity contribution in [3.63, 3.8) is 0 Å². The number of carbonyl (C=O) groups is 1. The summed E-state index contributed by atoms with van der Waals surface area (Å²) in [5, 5.41) is 2.53. The number of nitrogens with zero attached hydrogens (tertiary/aromatic N) is 2. The molecule has 30 heavy (non-hydrogen) atoms. The fourth-order valence-corrected chi connectivity index (χ4v) is 4.32. The summed E-state index contributed by atoms with van der Waals surface area (Å²) in [6, 6.07) is 25.7. The third-order valence-electron chi connectivity index (χ3n) is 5.82. The molecule has 1 aliphatic heterocycles. The minimum Gasteiger partial charge on any atom is -0.457 e. The smallest absolute Gasteiger partial charge is 0.333 e. The van der Waals surface area contributed by atoms with Crippen LogP contribution in [0.2, 0.25) is 0 Å². The molecule has 3 aromatic carbocycles. The molecule has 2 heterocycles. The number of rotatable bonds is 4. The zero-order chi connectivity index (χ0) is 20.7. The number of para-hydroxylation sites is 2. The largest absolute Gasteiger partial charge is 0.457 e. The maximum Gasteiger partial charge on any atom is 0.333 e. The Morgan fingerprint density at radius 1 is 0.900 bits per heavy atom. The number of aromatic nitrogens is 1. The predicted molar refractivity (Wildman–Crippen MR) is 122 cm³/mol. The van der Waals surface area contributed by atoms with Crippen molar-refractivity contribution < 1.29 is 9.53 Å². The number of esters is 1. The third-order valence-corrected chi connectivity index (χ3v) is 5.82. The van der Waals surface area contributed by atoms with E-state index in [4.69, 9.17) is 4.74 Å². The summed E-state index contributed by atoms with van der Waals surface area (Å²) >= 11 is 0. The average Bonchev–Trinajstić information content (AvgIpc) is 3.36. The third kappa shape index (κ3) is 3.14. The Hall–Kier alpha value is -3.53. The molecule has 4 heteroatoms. The number of fused-ring (bicyclic) bond motifs is 3. The molecule has 5 rings (SSSR count). The van der Waals surface area contributed by atoms with Gasteiger partial charge in [-0.15, -0.1) is 0 Å². The van der Waals surface area contributed by atoms with E-state index < -0.39 is 0 Å². The lowest BCUT2D eigenvalue weighted by molar-refractivity contribution is -0.143. The van der Waals surface area contributed by atoms with Gasteiger partial charge in [-0.1, -0.05) is 43.0 Å². The first-order chi connectivity index (χ1) is 14.6. The molecular weight excluding hydrogens is 372 g/mol. The molecule has 0 radical (unpaired) electrons. The highest BCUT2D eigenvalue weighted by atomic mass is 16.5. The molecule has 4 nitrogen and oxygen atoms in total. The molecule has 0 N–H and O–H groups in total. The number of benzene rings is 3. The van der Waals surface area contributed by atoms with Gasteiger partial charge in [0.25, 0.3) is 0 Å². The highest BCUT2D eigenvalue weighted by molar-refractivity contribution is 6.09. The van der Waals surface area contributed by atoms with Crippen LogP contribution in [0.25, 0.3) is 27.5 Å². The number of hydrogen-bond acceptors (Lipinski definition) is 3. The summed E-state index contributed by atoms with van der Waals surface area (Å²) in [6.45, 7) is 6.94. The van der Waals surface area contributed by atoms with Gasteiger partial charge in [0.15, 0.2) is 0 Å². The molecule has 1 saturated heterocycles. The van der Waals surface area contributed by atoms with Crippen molar-refractivity contribution in [2.75, 3.05) is 18.0 Å². The first kappa shape index (κ1) is 18.5. The summed E-state index contributed by atoms with van der Waals surface area (Å²) in [5.74, 6) is -0.302. The molecule has 150 valence electrons. The molecule has 0 spiro atoms. The average molecular weight is 396 g/mol. The summed E-state index contributed by atoms with van der Waals surface area (Å²) in [4.78, 5) is 14.1. The SMILES string of the molecule is C=C(C)C(=O)O[C@H]1CCN(c2ccc(-n3c4ccccc4c4ccccc43)cc2)C1.